The van der Waals surface area contributed by atoms with Crippen molar-refractivity contribution >= 4 is 17.5 Å². The number of rotatable bonds is 7. The van der Waals surface area contributed by atoms with Crippen LogP contribution in [0.15, 0.2) is 48.5 Å². The monoisotopic (exact) mass is 396 g/mol. The average Bonchev–Trinajstić information content (AvgIpc) is 2.63. The van der Waals surface area contributed by atoms with Gasteiger partial charge in [0.15, 0.2) is 0 Å². The van der Waals surface area contributed by atoms with Crippen LogP contribution in [0.3, 0.4) is 0 Å². The van der Waals surface area contributed by atoms with Crippen molar-refractivity contribution in [3.05, 3.63) is 65.5 Å². The molecule has 0 aromatic heterocycles. The molecule has 0 aliphatic heterocycles. The maximum atomic E-state index is 13.5. The highest BCUT2D eigenvalue weighted by molar-refractivity contribution is 5.92. The van der Waals surface area contributed by atoms with Gasteiger partial charge in [0.05, 0.1) is 5.56 Å². The Morgan fingerprint density at radius 3 is 2.25 bits per heavy atom. The summed E-state index contributed by atoms with van der Waals surface area (Å²) in [5.74, 6) is -1.07. The number of hydrogen-bond acceptors (Lipinski definition) is 2. The highest BCUT2D eigenvalue weighted by Crippen LogP contribution is 2.30. The Hall–Kier alpha value is -2.90. The third-order valence-corrected chi connectivity index (χ3v) is 4.12. The summed E-state index contributed by atoms with van der Waals surface area (Å²) in [4.78, 5) is 25.0. The van der Waals surface area contributed by atoms with Crippen molar-refractivity contribution in [3.63, 3.8) is 0 Å². The molecule has 2 rings (SSSR count). The summed E-state index contributed by atoms with van der Waals surface area (Å²) in [5.41, 5.74) is -0.0526. The highest BCUT2D eigenvalue weighted by atomic mass is 19.4. The normalized spacial score (nSPS) is 11.2. The lowest BCUT2D eigenvalue weighted by Crippen LogP contribution is -2.34. The van der Waals surface area contributed by atoms with Crippen LogP contribution in [0.4, 0.5) is 23.2 Å². The molecule has 2 aromatic rings. The van der Waals surface area contributed by atoms with Crippen molar-refractivity contribution in [2.45, 2.75) is 25.9 Å². The molecule has 0 aliphatic carbocycles. The maximum absolute atomic E-state index is 13.5. The van der Waals surface area contributed by atoms with Gasteiger partial charge in [-0.05, 0) is 42.3 Å². The van der Waals surface area contributed by atoms with Gasteiger partial charge in [0, 0.05) is 32.1 Å². The molecule has 0 bridgehead atoms. The van der Waals surface area contributed by atoms with Gasteiger partial charge < -0.3 is 10.2 Å². The van der Waals surface area contributed by atoms with E-state index in [1.165, 1.54) is 30.0 Å². The molecule has 0 radical (unpaired) electrons. The van der Waals surface area contributed by atoms with E-state index in [9.17, 15) is 27.2 Å². The lowest BCUT2D eigenvalue weighted by Gasteiger charge is -2.21. The summed E-state index contributed by atoms with van der Waals surface area (Å²) in [7, 11) is 0. The third kappa shape index (κ3) is 6.07. The molecule has 8 heteroatoms. The van der Waals surface area contributed by atoms with E-state index in [1.807, 2.05) is 0 Å². The van der Waals surface area contributed by atoms with Crippen LogP contribution in [0.1, 0.15) is 24.5 Å². The second-order valence-electron chi connectivity index (χ2n) is 6.16. The molecular weight excluding hydrogens is 376 g/mol. The molecule has 28 heavy (non-hydrogen) atoms. The Morgan fingerprint density at radius 1 is 1.04 bits per heavy atom. The van der Waals surface area contributed by atoms with Crippen LogP contribution in [0.5, 0.6) is 0 Å². The van der Waals surface area contributed by atoms with Crippen molar-refractivity contribution in [2.75, 3.05) is 18.0 Å². The second-order valence-corrected chi connectivity index (χ2v) is 6.16. The summed E-state index contributed by atoms with van der Waals surface area (Å²) in [6.07, 6.45) is -4.16. The summed E-state index contributed by atoms with van der Waals surface area (Å²) < 4.78 is 51.4. The van der Waals surface area contributed by atoms with Crippen LogP contribution < -0.4 is 10.2 Å². The number of nitrogens with one attached hydrogen (secondary N) is 1. The lowest BCUT2D eigenvalue weighted by molar-refractivity contribution is -0.137. The molecule has 2 amide bonds. The maximum Gasteiger partial charge on any atom is 0.416 e. The molecule has 0 saturated heterocycles. The van der Waals surface area contributed by atoms with Gasteiger partial charge in [-0.25, -0.2) is 4.39 Å². The van der Waals surface area contributed by atoms with E-state index in [1.54, 1.807) is 18.2 Å². The van der Waals surface area contributed by atoms with Gasteiger partial charge in [0.2, 0.25) is 11.8 Å². The molecule has 4 nitrogen and oxygen atoms in total. The molecule has 0 saturated carbocycles. The van der Waals surface area contributed by atoms with Crippen molar-refractivity contribution in [2.24, 2.45) is 0 Å². The zero-order valence-corrected chi connectivity index (χ0v) is 15.2. The highest BCUT2D eigenvalue weighted by Gasteiger charge is 2.30. The zero-order valence-electron chi connectivity index (χ0n) is 15.2. The minimum atomic E-state index is -4.46. The second kappa shape index (κ2) is 9.34. The molecule has 0 spiro atoms. The van der Waals surface area contributed by atoms with Crippen LogP contribution in [0, 0.1) is 5.82 Å². The summed E-state index contributed by atoms with van der Waals surface area (Å²) in [6.45, 7) is 1.53. The molecule has 0 atom stereocenters. The van der Waals surface area contributed by atoms with Crippen LogP contribution in [-0.4, -0.2) is 24.9 Å². The van der Waals surface area contributed by atoms with Gasteiger partial charge in [0.1, 0.15) is 5.82 Å². The first-order valence-corrected chi connectivity index (χ1v) is 8.64. The van der Waals surface area contributed by atoms with E-state index >= 15 is 0 Å². The van der Waals surface area contributed by atoms with E-state index in [-0.39, 0.29) is 42.8 Å². The Kier molecular flexibility index (Phi) is 7.14. The molecule has 0 heterocycles. The summed E-state index contributed by atoms with van der Waals surface area (Å²) in [6, 6.07) is 10.4. The van der Waals surface area contributed by atoms with Crippen molar-refractivity contribution in [3.8, 4) is 0 Å². The Morgan fingerprint density at radius 2 is 1.68 bits per heavy atom. The fourth-order valence-electron chi connectivity index (χ4n) is 2.64. The molecule has 2 aromatic carbocycles. The molecule has 0 unspecified atom stereocenters. The number of carbonyl (C=O) groups is 2. The predicted octanol–water partition coefficient (Wildman–Crippen LogP) is 3.95. The van der Waals surface area contributed by atoms with Gasteiger partial charge in [-0.1, -0.05) is 18.2 Å². The van der Waals surface area contributed by atoms with Crippen molar-refractivity contribution < 1.29 is 27.2 Å². The van der Waals surface area contributed by atoms with E-state index in [0.29, 0.717) is 12.0 Å². The quantitative estimate of drug-likeness (QED) is 0.721. The first-order chi connectivity index (χ1) is 13.2. The number of benzene rings is 2. The molecule has 1 N–H and O–H groups in total. The number of halogens is 4. The Balaban J connectivity index is 1.88. The van der Waals surface area contributed by atoms with E-state index in [4.69, 9.17) is 0 Å². The first kappa shape index (κ1) is 21.4. The minimum absolute atomic E-state index is 0.0201. The van der Waals surface area contributed by atoms with Crippen LogP contribution in [0.2, 0.25) is 0 Å². The van der Waals surface area contributed by atoms with Crippen LogP contribution in [0.25, 0.3) is 0 Å². The Bertz CT molecular complexity index is 820. The third-order valence-electron chi connectivity index (χ3n) is 4.12. The smallest absolute Gasteiger partial charge is 0.356 e. The van der Waals surface area contributed by atoms with Crippen LogP contribution in [-0.2, 0) is 22.2 Å². The predicted molar refractivity (Wildman–Crippen MR) is 97.2 cm³/mol. The number of nitrogens with zero attached hydrogens (tertiary/aromatic N) is 1. The van der Waals surface area contributed by atoms with Gasteiger partial charge in [0.25, 0.3) is 0 Å². The largest absolute Gasteiger partial charge is 0.416 e. The summed E-state index contributed by atoms with van der Waals surface area (Å²) in [5, 5.41) is 2.64. The van der Waals surface area contributed by atoms with Gasteiger partial charge in [-0.2, -0.15) is 13.2 Å². The molecule has 150 valence electrons. The number of carbonyl (C=O) groups excluding carboxylic acids is 2. The lowest BCUT2D eigenvalue weighted by atomic mass is 10.1. The van der Waals surface area contributed by atoms with E-state index in [2.05, 4.69) is 5.32 Å². The topological polar surface area (TPSA) is 49.4 Å². The minimum Gasteiger partial charge on any atom is -0.356 e. The van der Waals surface area contributed by atoms with Gasteiger partial charge >= 0.3 is 6.18 Å². The van der Waals surface area contributed by atoms with Gasteiger partial charge in [-0.3, -0.25) is 9.59 Å². The molecule has 0 fully saturated rings. The molecule has 0 aliphatic rings. The number of amides is 2. The average molecular weight is 396 g/mol. The van der Waals surface area contributed by atoms with Crippen molar-refractivity contribution in [1.29, 1.82) is 0 Å². The number of hydrogen-bond donors (Lipinski definition) is 1. The zero-order chi connectivity index (χ0) is 20.7. The van der Waals surface area contributed by atoms with Gasteiger partial charge in [-0.15, -0.1) is 0 Å². The fourth-order valence-corrected chi connectivity index (χ4v) is 2.64. The Labute approximate surface area is 160 Å². The SMILES string of the molecule is CC(=O)N(CCC(=O)NCCc1ccccc1F)c1ccc(C(F)(F)F)cc1. The van der Waals surface area contributed by atoms with Crippen molar-refractivity contribution in [1.82, 2.24) is 5.32 Å². The van der Waals surface area contributed by atoms with E-state index in [0.717, 1.165) is 12.1 Å². The van der Waals surface area contributed by atoms with Crippen LogP contribution >= 0.6 is 0 Å². The van der Waals surface area contributed by atoms with E-state index < -0.39 is 11.7 Å². The standard InChI is InChI=1S/C20H20F4N2O2/c1-14(27)26(17-8-6-16(7-9-17)20(22,23)24)13-11-19(28)25-12-10-15-4-2-3-5-18(15)21/h2-9H,10-13H2,1H3,(H,25,28). The fraction of sp³-hybridized carbons (Fsp3) is 0.300. The summed E-state index contributed by atoms with van der Waals surface area (Å²) >= 11 is 0. The number of anilines is 1. The molecular formula is C20H20F4N2O2. The number of alkyl halides is 3. The first-order valence-electron chi connectivity index (χ1n) is 8.64.